The van der Waals surface area contributed by atoms with Crippen LogP contribution in [0.15, 0.2) is 0 Å². The minimum Gasteiger partial charge on any atom is -0.317 e. The molecule has 3 heteroatoms. The lowest BCUT2D eigenvalue weighted by atomic mass is 9.77. The predicted molar refractivity (Wildman–Crippen MR) is 68.7 cm³/mol. The number of nitrogens with one attached hydrogen (secondary N) is 1. The largest absolute Gasteiger partial charge is 0.317 e. The lowest BCUT2D eigenvalue weighted by Crippen LogP contribution is -2.60. The van der Waals surface area contributed by atoms with Crippen LogP contribution in [-0.4, -0.2) is 61.7 Å². The van der Waals surface area contributed by atoms with E-state index in [1.807, 2.05) is 0 Å². The van der Waals surface area contributed by atoms with Gasteiger partial charge in [0.15, 0.2) is 0 Å². The summed E-state index contributed by atoms with van der Waals surface area (Å²) in [4.78, 5) is 5.21. The molecule has 1 saturated heterocycles. The first-order valence-electron chi connectivity index (χ1n) is 6.87. The highest BCUT2D eigenvalue weighted by Gasteiger charge is 2.38. The van der Waals surface area contributed by atoms with E-state index in [2.05, 4.69) is 36.0 Å². The fraction of sp³-hybridized carbons (Fsp3) is 1.00. The molecule has 1 saturated carbocycles. The molecule has 94 valence electrons. The smallest absolute Gasteiger partial charge is 0.0198 e. The van der Waals surface area contributed by atoms with E-state index in [9.17, 15) is 0 Å². The molecular weight excluding hydrogens is 198 g/mol. The molecular formula is C13H27N3. The Morgan fingerprint density at radius 3 is 2.62 bits per heavy atom. The molecule has 0 spiro atoms. The highest BCUT2D eigenvalue weighted by atomic mass is 15.3. The van der Waals surface area contributed by atoms with Crippen molar-refractivity contribution in [2.24, 2.45) is 5.92 Å². The van der Waals surface area contributed by atoms with Crippen LogP contribution in [0.4, 0.5) is 0 Å². The molecule has 2 rings (SSSR count). The van der Waals surface area contributed by atoms with Crippen molar-refractivity contribution in [3.8, 4) is 0 Å². The predicted octanol–water partition coefficient (Wildman–Crippen LogP) is 1.01. The number of rotatable bonds is 4. The number of nitrogens with zero attached hydrogens (tertiary/aromatic N) is 2. The quantitative estimate of drug-likeness (QED) is 0.770. The molecule has 3 nitrogen and oxygen atoms in total. The molecule has 2 fully saturated rings. The molecule has 16 heavy (non-hydrogen) atoms. The van der Waals surface area contributed by atoms with Crippen LogP contribution in [0.1, 0.15) is 26.7 Å². The number of piperazine rings is 1. The van der Waals surface area contributed by atoms with Gasteiger partial charge in [-0.25, -0.2) is 0 Å². The number of likely N-dealkylation sites (N-methyl/N-ethyl adjacent to an activating group) is 1. The third-order valence-electron chi connectivity index (χ3n) is 4.34. The Bertz CT molecular complexity index is 219. The van der Waals surface area contributed by atoms with Gasteiger partial charge in [0.1, 0.15) is 0 Å². The molecule has 0 aromatic rings. The van der Waals surface area contributed by atoms with Gasteiger partial charge >= 0.3 is 0 Å². The van der Waals surface area contributed by atoms with E-state index in [1.54, 1.807) is 0 Å². The van der Waals surface area contributed by atoms with Crippen molar-refractivity contribution in [1.29, 1.82) is 0 Å². The zero-order valence-corrected chi connectivity index (χ0v) is 11.1. The van der Waals surface area contributed by atoms with Crippen LogP contribution in [0.25, 0.3) is 0 Å². The van der Waals surface area contributed by atoms with Crippen LogP contribution < -0.4 is 5.32 Å². The number of hydrogen-bond acceptors (Lipinski definition) is 3. The van der Waals surface area contributed by atoms with Crippen LogP contribution in [-0.2, 0) is 0 Å². The monoisotopic (exact) mass is 225 g/mol. The molecule has 0 bridgehead atoms. The second kappa shape index (κ2) is 5.48. The van der Waals surface area contributed by atoms with E-state index in [-0.39, 0.29) is 0 Å². The maximum atomic E-state index is 3.51. The van der Waals surface area contributed by atoms with Gasteiger partial charge in [0.2, 0.25) is 0 Å². The maximum absolute atomic E-state index is 3.51. The highest BCUT2D eigenvalue weighted by molar-refractivity contribution is 4.94. The Labute approximate surface area is 100 Å². The van der Waals surface area contributed by atoms with Crippen LogP contribution >= 0.6 is 0 Å². The molecule has 1 heterocycles. The summed E-state index contributed by atoms with van der Waals surface area (Å²) < 4.78 is 0. The van der Waals surface area contributed by atoms with Crippen molar-refractivity contribution in [2.75, 3.05) is 39.8 Å². The van der Waals surface area contributed by atoms with Crippen LogP contribution in [0.2, 0.25) is 0 Å². The third kappa shape index (κ3) is 2.58. The summed E-state index contributed by atoms with van der Waals surface area (Å²) in [6, 6.07) is 1.61. The normalized spacial score (nSPS) is 37.3. The van der Waals surface area contributed by atoms with Crippen molar-refractivity contribution in [1.82, 2.24) is 15.1 Å². The van der Waals surface area contributed by atoms with Gasteiger partial charge in [-0.05, 0) is 45.8 Å². The topological polar surface area (TPSA) is 18.5 Å². The Morgan fingerprint density at radius 1 is 1.25 bits per heavy atom. The van der Waals surface area contributed by atoms with Crippen LogP contribution in [0, 0.1) is 5.92 Å². The molecule has 0 radical (unpaired) electrons. The fourth-order valence-corrected chi connectivity index (χ4v) is 3.20. The first-order chi connectivity index (χ1) is 7.72. The number of hydrogen-bond donors (Lipinski definition) is 1. The minimum absolute atomic E-state index is 0.744. The summed E-state index contributed by atoms with van der Waals surface area (Å²) in [6.45, 7) is 10.7. The molecule has 1 aliphatic heterocycles. The van der Waals surface area contributed by atoms with Crippen molar-refractivity contribution in [2.45, 2.75) is 38.8 Å². The van der Waals surface area contributed by atoms with Crippen molar-refractivity contribution < 1.29 is 0 Å². The first-order valence-corrected chi connectivity index (χ1v) is 6.87. The summed E-state index contributed by atoms with van der Waals surface area (Å²) in [6.07, 6.45) is 2.85. The molecule has 1 N–H and O–H groups in total. The van der Waals surface area contributed by atoms with Crippen molar-refractivity contribution >= 4 is 0 Å². The molecule has 0 aromatic heterocycles. The second-order valence-corrected chi connectivity index (χ2v) is 5.56. The van der Waals surface area contributed by atoms with E-state index in [1.165, 1.54) is 39.0 Å². The van der Waals surface area contributed by atoms with Gasteiger partial charge in [-0.1, -0.05) is 6.92 Å². The molecule has 0 amide bonds. The first kappa shape index (κ1) is 12.3. The molecule has 0 aromatic carbocycles. The van der Waals surface area contributed by atoms with E-state index >= 15 is 0 Å². The standard InChI is InChI=1S/C13H27N3/c1-4-14-9-12-5-6-13(12)16-8-7-15(3)10-11(16)2/h11-14H,4-10H2,1-3H3. The van der Waals surface area contributed by atoms with Gasteiger partial charge < -0.3 is 10.2 Å². The molecule has 2 aliphatic rings. The summed E-state index contributed by atoms with van der Waals surface area (Å²) in [5.74, 6) is 0.908. The molecule has 1 aliphatic carbocycles. The van der Waals surface area contributed by atoms with E-state index in [0.29, 0.717) is 0 Å². The Hall–Kier alpha value is -0.120. The summed E-state index contributed by atoms with van der Waals surface area (Å²) >= 11 is 0. The van der Waals surface area contributed by atoms with E-state index in [4.69, 9.17) is 0 Å². The average molecular weight is 225 g/mol. The van der Waals surface area contributed by atoms with E-state index in [0.717, 1.165) is 24.5 Å². The highest BCUT2D eigenvalue weighted by Crippen LogP contribution is 2.33. The SMILES string of the molecule is CCNCC1CCC1N1CCN(C)CC1C. The van der Waals surface area contributed by atoms with Crippen molar-refractivity contribution in [3.05, 3.63) is 0 Å². The maximum Gasteiger partial charge on any atom is 0.0198 e. The van der Waals surface area contributed by atoms with Gasteiger partial charge in [-0.2, -0.15) is 0 Å². The van der Waals surface area contributed by atoms with Gasteiger partial charge in [0.05, 0.1) is 0 Å². The minimum atomic E-state index is 0.744. The Balaban J connectivity index is 1.82. The van der Waals surface area contributed by atoms with Crippen molar-refractivity contribution in [3.63, 3.8) is 0 Å². The third-order valence-corrected chi connectivity index (χ3v) is 4.34. The zero-order chi connectivity index (χ0) is 11.5. The van der Waals surface area contributed by atoms with Gasteiger partial charge in [0.25, 0.3) is 0 Å². The van der Waals surface area contributed by atoms with E-state index < -0.39 is 0 Å². The second-order valence-electron chi connectivity index (χ2n) is 5.56. The molecule has 3 unspecified atom stereocenters. The van der Waals surface area contributed by atoms with Gasteiger partial charge in [-0.3, -0.25) is 4.90 Å². The lowest BCUT2D eigenvalue weighted by molar-refractivity contribution is -0.00687. The molecule has 3 atom stereocenters. The van der Waals surface area contributed by atoms with Crippen LogP contribution in [0.5, 0.6) is 0 Å². The van der Waals surface area contributed by atoms with Crippen LogP contribution in [0.3, 0.4) is 0 Å². The summed E-state index contributed by atoms with van der Waals surface area (Å²) in [7, 11) is 2.24. The van der Waals surface area contributed by atoms with Gasteiger partial charge in [0, 0.05) is 31.7 Å². The van der Waals surface area contributed by atoms with Gasteiger partial charge in [-0.15, -0.1) is 0 Å². The lowest BCUT2D eigenvalue weighted by Gasteiger charge is -2.50. The summed E-state index contributed by atoms with van der Waals surface area (Å²) in [5.41, 5.74) is 0. The Morgan fingerprint density at radius 2 is 2.06 bits per heavy atom. The zero-order valence-electron chi connectivity index (χ0n) is 11.1. The Kier molecular flexibility index (Phi) is 4.22. The summed E-state index contributed by atoms with van der Waals surface area (Å²) in [5, 5.41) is 3.51. The fourth-order valence-electron chi connectivity index (χ4n) is 3.20. The average Bonchev–Trinajstić information content (AvgIpc) is 2.21.